The zero-order valence-corrected chi connectivity index (χ0v) is 15.6. The highest BCUT2D eigenvalue weighted by atomic mass is 16.5. The molecule has 1 aliphatic carbocycles. The molecular weight excluding hydrogens is 364 g/mol. The van der Waals surface area contributed by atoms with Gasteiger partial charge in [0.2, 0.25) is 0 Å². The lowest BCUT2D eigenvalue weighted by Crippen LogP contribution is -2.33. The predicted molar refractivity (Wildman–Crippen MR) is 102 cm³/mol. The van der Waals surface area contributed by atoms with Gasteiger partial charge < -0.3 is 30.0 Å². The smallest absolute Gasteiger partial charge is 0.328 e. The third-order valence-corrected chi connectivity index (χ3v) is 4.82. The third-order valence-electron chi connectivity index (χ3n) is 4.82. The minimum atomic E-state index is -1.26. The SMILES string of the molecule is COc1cc2c3c(c1OC)-c1c[nH]cc1CC3NCC2.O=C(O)C=CC(=O)O. The number of carboxylic acids is 2. The van der Waals surface area contributed by atoms with Crippen molar-refractivity contribution in [2.45, 2.75) is 18.9 Å². The molecule has 8 heteroatoms. The summed E-state index contributed by atoms with van der Waals surface area (Å²) in [5.74, 6) is -0.837. The lowest BCUT2D eigenvalue weighted by Gasteiger charge is -2.34. The van der Waals surface area contributed by atoms with Crippen LogP contribution in [0, 0.1) is 0 Å². The lowest BCUT2D eigenvalue weighted by atomic mass is 9.79. The van der Waals surface area contributed by atoms with Crippen LogP contribution in [-0.4, -0.2) is 47.9 Å². The molecule has 2 heterocycles. The second-order valence-corrected chi connectivity index (χ2v) is 6.42. The molecule has 1 aliphatic heterocycles. The molecule has 0 saturated heterocycles. The van der Waals surface area contributed by atoms with Crippen molar-refractivity contribution in [1.29, 1.82) is 0 Å². The summed E-state index contributed by atoms with van der Waals surface area (Å²) in [6.45, 7) is 1.02. The van der Waals surface area contributed by atoms with Crippen molar-refractivity contribution in [3.63, 3.8) is 0 Å². The maximum Gasteiger partial charge on any atom is 0.328 e. The van der Waals surface area contributed by atoms with Crippen LogP contribution in [0.5, 0.6) is 11.5 Å². The van der Waals surface area contributed by atoms with Crippen molar-refractivity contribution < 1.29 is 29.3 Å². The fourth-order valence-electron chi connectivity index (χ4n) is 3.75. The fourth-order valence-corrected chi connectivity index (χ4v) is 3.75. The standard InChI is InChI=1S/C16H18N2O2.C4H4O4/c1-19-13-6-9-3-4-18-12-5-10-7-17-8-11(10)15(14(9)12)16(13)20-2;5-3(6)1-2-4(7)8/h6-8,12,17-18H,3-5H2,1-2H3;1-2H,(H,5,6)(H,7,8). The number of fused-ring (bicyclic) bond motifs is 2. The molecule has 4 rings (SSSR count). The Morgan fingerprint density at radius 3 is 2.43 bits per heavy atom. The Bertz CT molecular complexity index is 915. The van der Waals surface area contributed by atoms with Gasteiger partial charge in [-0.15, -0.1) is 0 Å². The molecule has 0 fully saturated rings. The van der Waals surface area contributed by atoms with Crippen molar-refractivity contribution in [2.24, 2.45) is 0 Å². The molecule has 0 saturated carbocycles. The summed E-state index contributed by atoms with van der Waals surface area (Å²) in [4.78, 5) is 22.3. The van der Waals surface area contributed by atoms with E-state index in [1.807, 2.05) is 0 Å². The van der Waals surface area contributed by atoms with Crippen LogP contribution in [0.1, 0.15) is 22.7 Å². The number of hydrogen-bond acceptors (Lipinski definition) is 5. The first-order valence-corrected chi connectivity index (χ1v) is 8.77. The van der Waals surface area contributed by atoms with Crippen LogP contribution in [0.2, 0.25) is 0 Å². The summed E-state index contributed by atoms with van der Waals surface area (Å²) in [6.07, 6.45) is 7.35. The van der Waals surface area contributed by atoms with E-state index >= 15 is 0 Å². The third kappa shape index (κ3) is 3.72. The van der Waals surface area contributed by atoms with Gasteiger partial charge in [0.05, 0.1) is 14.2 Å². The van der Waals surface area contributed by atoms with E-state index in [2.05, 4.69) is 28.8 Å². The van der Waals surface area contributed by atoms with Crippen molar-refractivity contribution in [3.8, 4) is 22.6 Å². The van der Waals surface area contributed by atoms with E-state index < -0.39 is 11.9 Å². The highest BCUT2D eigenvalue weighted by Crippen LogP contribution is 2.50. The average Bonchev–Trinajstić information content (AvgIpc) is 3.15. The Hall–Kier alpha value is -3.26. The molecule has 2 aliphatic rings. The van der Waals surface area contributed by atoms with Gasteiger partial charge in [-0.1, -0.05) is 0 Å². The highest BCUT2D eigenvalue weighted by molar-refractivity contribution is 5.89. The molecule has 1 aromatic carbocycles. The van der Waals surface area contributed by atoms with E-state index in [1.165, 1.54) is 27.8 Å². The molecule has 0 bridgehead atoms. The molecule has 1 atom stereocenters. The predicted octanol–water partition coefficient (Wildman–Crippen LogP) is 2.15. The number of hydrogen-bond donors (Lipinski definition) is 4. The Labute approximate surface area is 161 Å². The van der Waals surface area contributed by atoms with Crippen molar-refractivity contribution >= 4 is 11.9 Å². The summed E-state index contributed by atoms with van der Waals surface area (Å²) >= 11 is 0. The van der Waals surface area contributed by atoms with Gasteiger partial charge in [0.15, 0.2) is 11.5 Å². The first-order valence-electron chi connectivity index (χ1n) is 8.77. The van der Waals surface area contributed by atoms with Gasteiger partial charge in [0.1, 0.15) is 0 Å². The molecule has 0 spiro atoms. The van der Waals surface area contributed by atoms with Gasteiger partial charge >= 0.3 is 11.9 Å². The summed E-state index contributed by atoms with van der Waals surface area (Å²) in [6, 6.07) is 2.53. The largest absolute Gasteiger partial charge is 0.493 e. The number of methoxy groups -OCH3 is 2. The number of aromatic amines is 1. The van der Waals surface area contributed by atoms with E-state index in [0.717, 1.165) is 30.9 Å². The van der Waals surface area contributed by atoms with Crippen LogP contribution in [0.4, 0.5) is 0 Å². The van der Waals surface area contributed by atoms with E-state index in [1.54, 1.807) is 14.2 Å². The molecule has 28 heavy (non-hydrogen) atoms. The highest BCUT2D eigenvalue weighted by Gasteiger charge is 2.33. The number of ether oxygens (including phenoxy) is 2. The lowest BCUT2D eigenvalue weighted by molar-refractivity contribution is -0.134. The van der Waals surface area contributed by atoms with E-state index in [9.17, 15) is 9.59 Å². The van der Waals surface area contributed by atoms with Crippen LogP contribution in [-0.2, 0) is 22.4 Å². The monoisotopic (exact) mass is 386 g/mol. The summed E-state index contributed by atoms with van der Waals surface area (Å²) in [7, 11) is 3.42. The minimum Gasteiger partial charge on any atom is -0.493 e. The van der Waals surface area contributed by atoms with E-state index in [4.69, 9.17) is 19.7 Å². The fraction of sp³-hybridized carbons (Fsp3) is 0.300. The maximum atomic E-state index is 9.55. The maximum absolute atomic E-state index is 9.55. The van der Waals surface area contributed by atoms with Gasteiger partial charge in [0.25, 0.3) is 0 Å². The first-order chi connectivity index (χ1) is 13.5. The Morgan fingerprint density at radius 2 is 1.82 bits per heavy atom. The molecule has 2 aromatic rings. The number of rotatable bonds is 4. The minimum absolute atomic E-state index is 0.386. The Morgan fingerprint density at radius 1 is 1.11 bits per heavy atom. The van der Waals surface area contributed by atoms with Crippen molar-refractivity contribution in [3.05, 3.63) is 47.3 Å². The summed E-state index contributed by atoms with van der Waals surface area (Å²) in [5, 5.41) is 19.3. The van der Waals surface area contributed by atoms with Gasteiger partial charge in [-0.3, -0.25) is 0 Å². The zero-order valence-electron chi connectivity index (χ0n) is 15.6. The van der Waals surface area contributed by atoms with Gasteiger partial charge in [-0.05, 0) is 42.1 Å². The van der Waals surface area contributed by atoms with Gasteiger partial charge in [-0.2, -0.15) is 0 Å². The van der Waals surface area contributed by atoms with Gasteiger partial charge in [0, 0.05) is 41.7 Å². The number of aliphatic carboxylic acids is 2. The number of H-pyrrole nitrogens is 1. The Kier molecular flexibility index (Phi) is 5.70. The normalized spacial score (nSPS) is 16.4. The van der Waals surface area contributed by atoms with Crippen LogP contribution in [0.3, 0.4) is 0 Å². The number of aromatic nitrogens is 1. The summed E-state index contributed by atoms with van der Waals surface area (Å²) in [5.41, 5.74) is 6.56. The van der Waals surface area contributed by atoms with Crippen molar-refractivity contribution in [2.75, 3.05) is 20.8 Å². The van der Waals surface area contributed by atoms with Crippen molar-refractivity contribution in [1.82, 2.24) is 10.3 Å². The Balaban J connectivity index is 0.000000242. The second kappa shape index (κ2) is 8.18. The molecule has 4 N–H and O–H groups in total. The number of carbonyl (C=O) groups is 2. The number of carboxylic acid groups (broad SMARTS) is 2. The van der Waals surface area contributed by atoms with E-state index in [0.29, 0.717) is 18.2 Å². The quantitative estimate of drug-likeness (QED) is 0.594. The molecule has 0 radical (unpaired) electrons. The van der Waals surface area contributed by atoms with E-state index in [-0.39, 0.29) is 0 Å². The number of benzene rings is 1. The number of nitrogens with one attached hydrogen (secondary N) is 2. The zero-order chi connectivity index (χ0) is 20.3. The van der Waals surface area contributed by atoms with Crippen LogP contribution in [0.15, 0.2) is 30.6 Å². The summed E-state index contributed by atoms with van der Waals surface area (Å²) < 4.78 is 11.2. The molecule has 8 nitrogen and oxygen atoms in total. The van der Waals surface area contributed by atoms with Crippen LogP contribution < -0.4 is 14.8 Å². The van der Waals surface area contributed by atoms with Gasteiger partial charge in [-0.25, -0.2) is 9.59 Å². The topological polar surface area (TPSA) is 121 Å². The van der Waals surface area contributed by atoms with Crippen LogP contribution >= 0.6 is 0 Å². The molecule has 1 aromatic heterocycles. The van der Waals surface area contributed by atoms with Crippen LogP contribution in [0.25, 0.3) is 11.1 Å². The first kappa shape index (κ1) is 19.5. The molecular formula is C20H22N2O6. The average molecular weight is 386 g/mol. The second-order valence-electron chi connectivity index (χ2n) is 6.42. The molecule has 148 valence electrons. The molecule has 1 unspecified atom stereocenters. The molecule has 0 amide bonds.